The number of benzene rings is 4. The Morgan fingerprint density at radius 1 is 0.529 bits per heavy atom. The van der Waals surface area contributed by atoms with Crippen molar-refractivity contribution >= 4 is 10.8 Å². The molecule has 0 unspecified atom stereocenters. The van der Waals surface area contributed by atoms with Crippen LogP contribution >= 0.6 is 0 Å². The molecule has 0 aromatic heterocycles. The first kappa shape index (κ1) is 23.9. The molecule has 2 nitrogen and oxygen atoms in total. The lowest BCUT2D eigenvalue weighted by atomic mass is 9.82. The summed E-state index contributed by atoms with van der Waals surface area (Å²) in [6.45, 7) is 13.4. The molecule has 0 aliphatic carbocycles. The van der Waals surface area contributed by atoms with E-state index in [-0.39, 0.29) is 10.8 Å². The Hall–Kier alpha value is -3.26. The lowest BCUT2D eigenvalue weighted by Gasteiger charge is -2.24. The van der Waals surface area contributed by atoms with Crippen molar-refractivity contribution in [3.63, 3.8) is 0 Å². The average molecular weight is 453 g/mol. The van der Waals surface area contributed by atoms with E-state index in [1.807, 2.05) is 0 Å². The van der Waals surface area contributed by atoms with Gasteiger partial charge in [0.2, 0.25) is 0 Å². The van der Waals surface area contributed by atoms with E-state index in [4.69, 9.17) is 9.47 Å². The van der Waals surface area contributed by atoms with Gasteiger partial charge in [-0.25, -0.2) is 0 Å². The second-order valence-electron chi connectivity index (χ2n) is 11.0. The van der Waals surface area contributed by atoms with Gasteiger partial charge in [-0.05, 0) is 68.1 Å². The van der Waals surface area contributed by atoms with Crippen LogP contribution in [-0.4, -0.2) is 14.2 Å². The fourth-order valence-corrected chi connectivity index (χ4v) is 4.75. The van der Waals surface area contributed by atoms with Gasteiger partial charge in [0.1, 0.15) is 11.5 Å². The van der Waals surface area contributed by atoms with Gasteiger partial charge in [-0.3, -0.25) is 0 Å². The summed E-state index contributed by atoms with van der Waals surface area (Å²) in [6.07, 6.45) is 0. The van der Waals surface area contributed by atoms with Crippen LogP contribution in [-0.2, 0) is 10.8 Å². The molecule has 34 heavy (non-hydrogen) atoms. The summed E-state index contributed by atoms with van der Waals surface area (Å²) in [5.41, 5.74) is 7.24. The highest BCUT2D eigenvalue weighted by Crippen LogP contribution is 2.42. The minimum atomic E-state index is -0.0215. The SMILES string of the molecule is COc1ccc(-c2cccc3cccc(-c4ccc(OC)c(C(C)(C)C)c4)c23)cc1C(C)(C)C. The molecule has 2 heteroatoms. The highest BCUT2D eigenvalue weighted by atomic mass is 16.5. The zero-order valence-electron chi connectivity index (χ0n) is 21.7. The Bertz CT molecular complexity index is 1230. The number of hydrogen-bond donors (Lipinski definition) is 0. The molecule has 0 fully saturated rings. The Morgan fingerprint density at radius 3 is 1.29 bits per heavy atom. The molecule has 0 saturated carbocycles. The van der Waals surface area contributed by atoms with E-state index >= 15 is 0 Å². The molecule has 0 atom stereocenters. The molecule has 0 spiro atoms. The molecule has 0 radical (unpaired) electrons. The second-order valence-corrected chi connectivity index (χ2v) is 11.0. The molecule has 4 rings (SSSR count). The van der Waals surface area contributed by atoms with E-state index in [0.29, 0.717) is 0 Å². The van der Waals surface area contributed by atoms with E-state index in [9.17, 15) is 0 Å². The van der Waals surface area contributed by atoms with Crippen LogP contribution in [0.5, 0.6) is 11.5 Å². The van der Waals surface area contributed by atoms with Gasteiger partial charge in [-0.2, -0.15) is 0 Å². The van der Waals surface area contributed by atoms with Gasteiger partial charge in [0.15, 0.2) is 0 Å². The maximum Gasteiger partial charge on any atom is 0.122 e. The summed E-state index contributed by atoms with van der Waals surface area (Å²) < 4.78 is 11.4. The van der Waals surface area contributed by atoms with Crippen LogP contribution in [0.1, 0.15) is 52.7 Å². The summed E-state index contributed by atoms with van der Waals surface area (Å²) in [5.74, 6) is 1.86. The van der Waals surface area contributed by atoms with Crippen molar-refractivity contribution in [2.45, 2.75) is 52.4 Å². The van der Waals surface area contributed by atoms with Crippen LogP contribution < -0.4 is 9.47 Å². The predicted molar refractivity (Wildman–Crippen MR) is 145 cm³/mol. The summed E-state index contributed by atoms with van der Waals surface area (Å²) in [7, 11) is 3.49. The molecule has 0 aliphatic rings. The van der Waals surface area contributed by atoms with Crippen LogP contribution in [0, 0.1) is 0 Å². The maximum atomic E-state index is 5.70. The summed E-state index contributed by atoms with van der Waals surface area (Å²) >= 11 is 0. The van der Waals surface area contributed by atoms with Gasteiger partial charge in [-0.15, -0.1) is 0 Å². The van der Waals surface area contributed by atoms with Crippen molar-refractivity contribution in [2.24, 2.45) is 0 Å². The van der Waals surface area contributed by atoms with Crippen molar-refractivity contribution in [1.82, 2.24) is 0 Å². The smallest absolute Gasteiger partial charge is 0.122 e. The topological polar surface area (TPSA) is 18.5 Å². The van der Waals surface area contributed by atoms with Crippen molar-refractivity contribution in [2.75, 3.05) is 14.2 Å². The zero-order valence-corrected chi connectivity index (χ0v) is 21.7. The highest BCUT2D eigenvalue weighted by Gasteiger charge is 2.22. The third-order valence-electron chi connectivity index (χ3n) is 6.54. The van der Waals surface area contributed by atoms with Crippen molar-refractivity contribution < 1.29 is 9.47 Å². The van der Waals surface area contributed by atoms with Crippen LogP contribution in [0.2, 0.25) is 0 Å². The molecule has 0 bridgehead atoms. The summed E-state index contributed by atoms with van der Waals surface area (Å²) in [6, 6.07) is 26.3. The highest BCUT2D eigenvalue weighted by molar-refractivity contribution is 6.06. The maximum absolute atomic E-state index is 5.70. The van der Waals surface area contributed by atoms with Gasteiger partial charge < -0.3 is 9.47 Å². The largest absolute Gasteiger partial charge is 0.496 e. The van der Waals surface area contributed by atoms with Crippen LogP contribution in [0.15, 0.2) is 72.8 Å². The second kappa shape index (κ2) is 8.83. The average Bonchev–Trinajstić information content (AvgIpc) is 2.81. The predicted octanol–water partition coefficient (Wildman–Crippen LogP) is 8.79. The van der Waals surface area contributed by atoms with Gasteiger partial charge in [0.05, 0.1) is 14.2 Å². The Kier molecular flexibility index (Phi) is 6.20. The lowest BCUT2D eigenvalue weighted by Crippen LogP contribution is -2.13. The fraction of sp³-hybridized carbons (Fsp3) is 0.312. The third-order valence-corrected chi connectivity index (χ3v) is 6.54. The Labute approximate surface area is 204 Å². The van der Waals surface area contributed by atoms with Crippen molar-refractivity contribution in [3.05, 3.63) is 83.9 Å². The molecular weight excluding hydrogens is 416 g/mol. The van der Waals surface area contributed by atoms with Crippen LogP contribution in [0.25, 0.3) is 33.0 Å². The normalized spacial score (nSPS) is 12.1. The molecule has 0 aliphatic heterocycles. The first-order valence-electron chi connectivity index (χ1n) is 11.9. The third kappa shape index (κ3) is 4.42. The Balaban J connectivity index is 2.00. The summed E-state index contributed by atoms with van der Waals surface area (Å²) in [4.78, 5) is 0. The molecule has 4 aromatic carbocycles. The van der Waals surface area contributed by atoms with Gasteiger partial charge in [-0.1, -0.05) is 90.1 Å². The Morgan fingerprint density at radius 2 is 0.941 bits per heavy atom. The van der Waals surface area contributed by atoms with Crippen LogP contribution in [0.3, 0.4) is 0 Å². The molecule has 0 heterocycles. The minimum absolute atomic E-state index is 0.0215. The molecule has 176 valence electrons. The monoisotopic (exact) mass is 452 g/mol. The van der Waals surface area contributed by atoms with Gasteiger partial charge >= 0.3 is 0 Å². The van der Waals surface area contributed by atoms with E-state index in [1.165, 1.54) is 44.2 Å². The van der Waals surface area contributed by atoms with Crippen LogP contribution in [0.4, 0.5) is 0 Å². The number of fused-ring (bicyclic) bond motifs is 1. The lowest BCUT2D eigenvalue weighted by molar-refractivity contribution is 0.397. The standard InChI is InChI=1S/C32H36O2/c1-31(2,3)26-19-22(15-17-28(26)33-7)24-13-9-11-21-12-10-14-25(30(21)24)23-16-18-29(34-8)27(20-23)32(4,5)6/h9-20H,1-8H3. The van der Waals surface area contributed by atoms with Gasteiger partial charge in [0, 0.05) is 11.1 Å². The minimum Gasteiger partial charge on any atom is -0.496 e. The van der Waals surface area contributed by atoms with Crippen molar-refractivity contribution in [3.8, 4) is 33.8 Å². The number of hydrogen-bond acceptors (Lipinski definition) is 2. The molecule has 0 N–H and O–H groups in total. The molecule has 4 aromatic rings. The van der Waals surface area contributed by atoms with Crippen molar-refractivity contribution in [1.29, 1.82) is 0 Å². The zero-order chi connectivity index (χ0) is 24.7. The molecular formula is C32H36O2. The first-order chi connectivity index (χ1) is 16.0. The number of methoxy groups -OCH3 is 2. The molecule has 0 saturated heterocycles. The quantitative estimate of drug-likeness (QED) is 0.308. The summed E-state index contributed by atoms with van der Waals surface area (Å²) in [5, 5.41) is 2.50. The first-order valence-corrected chi connectivity index (χ1v) is 11.9. The number of rotatable bonds is 4. The van der Waals surface area contributed by atoms with E-state index in [2.05, 4.69) is 114 Å². The van der Waals surface area contributed by atoms with Gasteiger partial charge in [0.25, 0.3) is 0 Å². The van der Waals surface area contributed by atoms with E-state index < -0.39 is 0 Å². The number of ether oxygens (including phenoxy) is 2. The van der Waals surface area contributed by atoms with E-state index in [0.717, 1.165) is 11.5 Å². The molecule has 0 amide bonds. The fourth-order valence-electron chi connectivity index (χ4n) is 4.75. The van der Waals surface area contributed by atoms with E-state index in [1.54, 1.807) is 14.2 Å².